The average molecular weight is 236 g/mol. The molecule has 2 N–H and O–H groups in total. The molecule has 2 unspecified atom stereocenters. The van der Waals surface area contributed by atoms with E-state index < -0.39 is 12.2 Å². The number of carbonyl (C=O) groups excluding carboxylic acids is 1. The van der Waals surface area contributed by atoms with Crippen molar-refractivity contribution in [3.8, 4) is 0 Å². The van der Waals surface area contributed by atoms with E-state index in [1.54, 1.807) is 12.4 Å². The zero-order valence-electron chi connectivity index (χ0n) is 9.49. The molecule has 1 aliphatic heterocycles. The molecular weight excluding hydrogens is 220 g/mol. The van der Waals surface area contributed by atoms with Gasteiger partial charge in [-0.1, -0.05) is 0 Å². The Morgan fingerprint density at radius 3 is 2.47 bits per heavy atom. The number of amides is 1. The third-order valence-electron chi connectivity index (χ3n) is 2.99. The molecule has 2 heterocycles. The van der Waals surface area contributed by atoms with E-state index in [1.807, 2.05) is 12.1 Å². The number of rotatable bonds is 3. The van der Waals surface area contributed by atoms with Gasteiger partial charge in [-0.2, -0.15) is 0 Å². The fraction of sp³-hybridized carbons (Fsp3) is 0.500. The predicted molar refractivity (Wildman–Crippen MR) is 61.2 cm³/mol. The SMILES string of the molecule is O=C(CCc1ccncc1)N1CC(O)C(O)C1. The number of aliphatic hydroxyl groups excluding tert-OH is 2. The quantitative estimate of drug-likeness (QED) is 0.747. The fourth-order valence-electron chi connectivity index (χ4n) is 1.93. The Morgan fingerprint density at radius 1 is 1.29 bits per heavy atom. The lowest BCUT2D eigenvalue weighted by Gasteiger charge is -2.15. The molecule has 1 aromatic heterocycles. The predicted octanol–water partition coefficient (Wildman–Crippen LogP) is -0.422. The van der Waals surface area contributed by atoms with E-state index in [2.05, 4.69) is 4.98 Å². The molecule has 1 fully saturated rings. The first-order valence-corrected chi connectivity index (χ1v) is 5.69. The van der Waals surface area contributed by atoms with Gasteiger partial charge in [0, 0.05) is 31.9 Å². The van der Waals surface area contributed by atoms with Gasteiger partial charge < -0.3 is 15.1 Å². The summed E-state index contributed by atoms with van der Waals surface area (Å²) in [6.07, 6.45) is 2.83. The zero-order valence-corrected chi connectivity index (χ0v) is 9.49. The number of β-amino-alcohol motifs (C(OH)–C–C–N with tert-alkyl or cyclic N) is 2. The van der Waals surface area contributed by atoms with Crippen LogP contribution in [0.5, 0.6) is 0 Å². The van der Waals surface area contributed by atoms with Crippen molar-refractivity contribution in [3.05, 3.63) is 30.1 Å². The minimum Gasteiger partial charge on any atom is -0.388 e. The lowest BCUT2D eigenvalue weighted by molar-refractivity contribution is -0.130. The molecule has 92 valence electrons. The van der Waals surface area contributed by atoms with Crippen LogP contribution in [0.3, 0.4) is 0 Å². The van der Waals surface area contributed by atoms with E-state index in [4.69, 9.17) is 0 Å². The minimum atomic E-state index is -0.806. The maximum Gasteiger partial charge on any atom is 0.223 e. The van der Waals surface area contributed by atoms with Crippen LogP contribution in [-0.2, 0) is 11.2 Å². The Balaban J connectivity index is 1.82. The number of aryl methyl sites for hydroxylation is 1. The number of pyridine rings is 1. The van der Waals surface area contributed by atoms with Crippen LogP contribution in [-0.4, -0.2) is 51.3 Å². The fourth-order valence-corrected chi connectivity index (χ4v) is 1.93. The summed E-state index contributed by atoms with van der Waals surface area (Å²) in [4.78, 5) is 17.2. The highest BCUT2D eigenvalue weighted by atomic mass is 16.3. The van der Waals surface area contributed by atoms with Crippen molar-refractivity contribution in [3.63, 3.8) is 0 Å². The lowest BCUT2D eigenvalue weighted by atomic mass is 10.1. The maximum atomic E-state index is 11.8. The van der Waals surface area contributed by atoms with Crippen LogP contribution in [0, 0.1) is 0 Å². The van der Waals surface area contributed by atoms with E-state index >= 15 is 0 Å². The van der Waals surface area contributed by atoms with E-state index in [0.717, 1.165) is 5.56 Å². The number of hydrogen-bond donors (Lipinski definition) is 2. The first-order chi connectivity index (χ1) is 8.16. The number of likely N-dealkylation sites (tertiary alicyclic amines) is 1. The Kier molecular flexibility index (Phi) is 3.71. The number of carbonyl (C=O) groups is 1. The van der Waals surface area contributed by atoms with Gasteiger partial charge in [0.2, 0.25) is 5.91 Å². The van der Waals surface area contributed by atoms with Crippen molar-refractivity contribution in [2.75, 3.05) is 13.1 Å². The second kappa shape index (κ2) is 5.25. The van der Waals surface area contributed by atoms with Crippen LogP contribution in [0.2, 0.25) is 0 Å². The number of aromatic nitrogens is 1. The van der Waals surface area contributed by atoms with E-state index in [1.165, 1.54) is 4.90 Å². The summed E-state index contributed by atoms with van der Waals surface area (Å²) < 4.78 is 0. The van der Waals surface area contributed by atoms with Gasteiger partial charge in [0.05, 0.1) is 12.2 Å². The third-order valence-corrected chi connectivity index (χ3v) is 2.99. The van der Waals surface area contributed by atoms with Crippen molar-refractivity contribution in [2.24, 2.45) is 0 Å². The first-order valence-electron chi connectivity index (χ1n) is 5.69. The van der Waals surface area contributed by atoms with Gasteiger partial charge >= 0.3 is 0 Å². The highest BCUT2D eigenvalue weighted by Gasteiger charge is 2.31. The summed E-state index contributed by atoms with van der Waals surface area (Å²) in [5.74, 6) is -0.0302. The van der Waals surface area contributed by atoms with Crippen LogP contribution >= 0.6 is 0 Å². The van der Waals surface area contributed by atoms with E-state index in [9.17, 15) is 15.0 Å². The Labute approximate surface area is 99.7 Å². The third kappa shape index (κ3) is 3.01. The second-order valence-electron chi connectivity index (χ2n) is 4.29. The van der Waals surface area contributed by atoms with Crippen LogP contribution < -0.4 is 0 Å². The molecule has 0 aliphatic carbocycles. The summed E-state index contributed by atoms with van der Waals surface area (Å²) in [7, 11) is 0. The second-order valence-corrected chi connectivity index (χ2v) is 4.29. The molecule has 0 spiro atoms. The Morgan fingerprint density at radius 2 is 1.88 bits per heavy atom. The topological polar surface area (TPSA) is 73.7 Å². The van der Waals surface area contributed by atoms with Crippen molar-refractivity contribution >= 4 is 5.91 Å². The van der Waals surface area contributed by atoms with E-state index in [0.29, 0.717) is 12.8 Å². The van der Waals surface area contributed by atoms with Gasteiger partial charge in [0.25, 0.3) is 0 Å². The van der Waals surface area contributed by atoms with Crippen LogP contribution in [0.4, 0.5) is 0 Å². The number of aliphatic hydroxyl groups is 2. The van der Waals surface area contributed by atoms with Crippen LogP contribution in [0.15, 0.2) is 24.5 Å². The molecule has 5 heteroatoms. The summed E-state index contributed by atoms with van der Waals surface area (Å²) >= 11 is 0. The normalized spacial score (nSPS) is 24.0. The van der Waals surface area contributed by atoms with Crippen molar-refractivity contribution < 1.29 is 15.0 Å². The van der Waals surface area contributed by atoms with Crippen molar-refractivity contribution in [1.29, 1.82) is 0 Å². The molecular formula is C12H16N2O3. The maximum absolute atomic E-state index is 11.8. The molecule has 1 saturated heterocycles. The Hall–Kier alpha value is -1.46. The zero-order chi connectivity index (χ0) is 12.3. The monoisotopic (exact) mass is 236 g/mol. The van der Waals surface area contributed by atoms with Crippen LogP contribution in [0.1, 0.15) is 12.0 Å². The molecule has 17 heavy (non-hydrogen) atoms. The Bertz CT molecular complexity index is 373. The molecule has 0 saturated carbocycles. The highest BCUT2D eigenvalue weighted by molar-refractivity contribution is 5.76. The smallest absolute Gasteiger partial charge is 0.223 e. The summed E-state index contributed by atoms with van der Waals surface area (Å²) in [6, 6.07) is 3.75. The molecule has 0 radical (unpaired) electrons. The lowest BCUT2D eigenvalue weighted by Crippen LogP contribution is -2.29. The number of hydrogen-bond acceptors (Lipinski definition) is 4. The standard InChI is InChI=1S/C12H16N2O3/c15-10-7-14(8-11(10)16)12(17)2-1-9-3-5-13-6-4-9/h3-6,10-11,15-16H,1-2,7-8H2. The summed E-state index contributed by atoms with van der Waals surface area (Å²) in [6.45, 7) is 0.465. The minimum absolute atomic E-state index is 0.0302. The first kappa shape index (κ1) is 12.0. The van der Waals surface area contributed by atoms with Crippen molar-refractivity contribution in [2.45, 2.75) is 25.0 Å². The largest absolute Gasteiger partial charge is 0.388 e. The summed E-state index contributed by atoms with van der Waals surface area (Å²) in [5, 5.41) is 18.7. The van der Waals surface area contributed by atoms with Gasteiger partial charge in [-0.3, -0.25) is 9.78 Å². The molecule has 0 bridgehead atoms. The molecule has 2 rings (SSSR count). The molecule has 1 aliphatic rings. The summed E-state index contributed by atoms with van der Waals surface area (Å²) in [5.41, 5.74) is 1.06. The van der Waals surface area contributed by atoms with Gasteiger partial charge in [0.15, 0.2) is 0 Å². The molecule has 5 nitrogen and oxygen atoms in total. The molecule has 0 aromatic carbocycles. The van der Waals surface area contributed by atoms with Gasteiger partial charge in [0.1, 0.15) is 0 Å². The average Bonchev–Trinajstić information content (AvgIpc) is 2.68. The molecule has 2 atom stereocenters. The molecule has 1 amide bonds. The molecule has 1 aromatic rings. The van der Waals surface area contributed by atoms with Gasteiger partial charge in [-0.15, -0.1) is 0 Å². The van der Waals surface area contributed by atoms with E-state index in [-0.39, 0.29) is 19.0 Å². The number of nitrogens with zero attached hydrogens (tertiary/aromatic N) is 2. The van der Waals surface area contributed by atoms with Gasteiger partial charge in [-0.05, 0) is 24.1 Å². The van der Waals surface area contributed by atoms with Crippen LogP contribution in [0.25, 0.3) is 0 Å². The van der Waals surface area contributed by atoms with Crippen molar-refractivity contribution in [1.82, 2.24) is 9.88 Å². The highest BCUT2D eigenvalue weighted by Crippen LogP contribution is 2.12. The van der Waals surface area contributed by atoms with Gasteiger partial charge in [-0.25, -0.2) is 0 Å².